The van der Waals surface area contributed by atoms with Gasteiger partial charge in [0.1, 0.15) is 5.75 Å². The Balaban J connectivity index is 2.41. The van der Waals surface area contributed by atoms with Crippen molar-refractivity contribution in [3.8, 4) is 5.75 Å². The van der Waals surface area contributed by atoms with Gasteiger partial charge in [0.15, 0.2) is 5.78 Å². The Bertz CT molecular complexity index is 372. The van der Waals surface area contributed by atoms with Crippen molar-refractivity contribution in [1.29, 1.82) is 0 Å². The van der Waals surface area contributed by atoms with E-state index in [2.05, 4.69) is 4.74 Å². The normalized spacial score (nSPS) is 9.81. The standard InChI is InChI=1S/C11H12O4S/c1-15-11(14)7-16-6-10(13)8-2-4-9(12)5-3-8/h2-5,12H,6-7H2,1H3. The van der Waals surface area contributed by atoms with Gasteiger partial charge in [-0.1, -0.05) is 0 Å². The number of Topliss-reactive ketones (excluding diaryl/α,β-unsaturated/α-hetero) is 1. The molecule has 1 aromatic carbocycles. The number of carbonyl (C=O) groups is 2. The van der Waals surface area contributed by atoms with Crippen LogP contribution in [0.2, 0.25) is 0 Å². The Labute approximate surface area is 97.6 Å². The molecule has 0 aliphatic heterocycles. The summed E-state index contributed by atoms with van der Waals surface area (Å²) in [7, 11) is 1.31. The zero-order valence-electron chi connectivity index (χ0n) is 8.80. The number of phenols is 1. The number of hydrogen-bond donors (Lipinski definition) is 1. The number of ketones is 1. The zero-order valence-corrected chi connectivity index (χ0v) is 9.62. The van der Waals surface area contributed by atoms with Crippen molar-refractivity contribution in [2.45, 2.75) is 0 Å². The van der Waals surface area contributed by atoms with E-state index in [-0.39, 0.29) is 29.0 Å². The Morgan fingerprint density at radius 1 is 1.25 bits per heavy atom. The quantitative estimate of drug-likeness (QED) is 0.624. The minimum atomic E-state index is -0.344. The van der Waals surface area contributed by atoms with Crippen molar-refractivity contribution in [3.05, 3.63) is 29.8 Å². The molecule has 0 radical (unpaired) electrons. The van der Waals surface area contributed by atoms with E-state index in [0.29, 0.717) is 5.56 Å². The lowest BCUT2D eigenvalue weighted by atomic mass is 10.1. The molecular weight excluding hydrogens is 228 g/mol. The highest BCUT2D eigenvalue weighted by molar-refractivity contribution is 8.00. The highest BCUT2D eigenvalue weighted by atomic mass is 32.2. The molecule has 1 N–H and O–H groups in total. The van der Waals surface area contributed by atoms with Crippen molar-refractivity contribution in [1.82, 2.24) is 0 Å². The van der Waals surface area contributed by atoms with Crippen molar-refractivity contribution in [2.75, 3.05) is 18.6 Å². The number of carbonyl (C=O) groups excluding carboxylic acids is 2. The van der Waals surface area contributed by atoms with Crippen LogP contribution in [0.5, 0.6) is 5.75 Å². The van der Waals surface area contributed by atoms with Crippen LogP contribution in [0.15, 0.2) is 24.3 Å². The third-order valence-corrected chi connectivity index (χ3v) is 2.78. The number of phenolic OH excluding ortho intramolecular Hbond substituents is 1. The van der Waals surface area contributed by atoms with Gasteiger partial charge in [-0.25, -0.2) is 0 Å². The Hall–Kier alpha value is -1.49. The third-order valence-electron chi connectivity index (χ3n) is 1.87. The molecule has 5 heteroatoms. The first-order chi connectivity index (χ1) is 7.63. The number of rotatable bonds is 5. The van der Waals surface area contributed by atoms with E-state index in [9.17, 15) is 9.59 Å². The molecule has 0 saturated heterocycles. The van der Waals surface area contributed by atoms with E-state index >= 15 is 0 Å². The van der Waals surface area contributed by atoms with Gasteiger partial charge in [0.2, 0.25) is 0 Å². The molecule has 0 bridgehead atoms. The minimum Gasteiger partial charge on any atom is -0.508 e. The molecule has 0 aromatic heterocycles. The lowest BCUT2D eigenvalue weighted by Crippen LogP contribution is -2.08. The van der Waals surface area contributed by atoms with Gasteiger partial charge in [0, 0.05) is 5.56 Å². The van der Waals surface area contributed by atoms with Gasteiger partial charge in [-0.05, 0) is 24.3 Å². The molecule has 0 unspecified atom stereocenters. The Kier molecular flexibility index (Phi) is 4.85. The van der Waals surface area contributed by atoms with Crippen molar-refractivity contribution in [2.24, 2.45) is 0 Å². The van der Waals surface area contributed by atoms with E-state index < -0.39 is 0 Å². The first-order valence-electron chi connectivity index (χ1n) is 4.60. The second kappa shape index (κ2) is 6.17. The van der Waals surface area contributed by atoms with E-state index in [1.54, 1.807) is 12.1 Å². The maximum Gasteiger partial charge on any atom is 0.315 e. The largest absolute Gasteiger partial charge is 0.508 e. The smallest absolute Gasteiger partial charge is 0.315 e. The molecule has 16 heavy (non-hydrogen) atoms. The zero-order chi connectivity index (χ0) is 12.0. The number of methoxy groups -OCH3 is 1. The van der Waals surface area contributed by atoms with Gasteiger partial charge in [0.05, 0.1) is 18.6 Å². The predicted molar refractivity (Wildman–Crippen MR) is 61.8 cm³/mol. The predicted octanol–water partition coefficient (Wildman–Crippen LogP) is 1.48. The number of hydrogen-bond acceptors (Lipinski definition) is 5. The highest BCUT2D eigenvalue weighted by Crippen LogP contribution is 2.12. The number of aromatic hydroxyl groups is 1. The SMILES string of the molecule is COC(=O)CSCC(=O)c1ccc(O)cc1. The van der Waals surface area contributed by atoms with Gasteiger partial charge in [-0.2, -0.15) is 0 Å². The van der Waals surface area contributed by atoms with Gasteiger partial charge in [0.25, 0.3) is 0 Å². The molecule has 86 valence electrons. The third kappa shape index (κ3) is 3.94. The van der Waals surface area contributed by atoms with Crippen LogP contribution in [0.1, 0.15) is 10.4 Å². The van der Waals surface area contributed by atoms with Crippen LogP contribution in [0.4, 0.5) is 0 Å². The fourth-order valence-electron chi connectivity index (χ4n) is 1.02. The van der Waals surface area contributed by atoms with Crippen molar-refractivity contribution in [3.63, 3.8) is 0 Å². The molecule has 0 spiro atoms. The summed E-state index contributed by atoms with van der Waals surface area (Å²) >= 11 is 1.21. The van der Waals surface area contributed by atoms with Crippen LogP contribution in [-0.4, -0.2) is 35.5 Å². The summed E-state index contributed by atoms with van der Waals surface area (Å²) < 4.78 is 4.45. The molecule has 1 aromatic rings. The summed E-state index contributed by atoms with van der Waals surface area (Å²) in [6, 6.07) is 6.02. The summed E-state index contributed by atoms with van der Waals surface area (Å²) in [4.78, 5) is 22.4. The van der Waals surface area contributed by atoms with Gasteiger partial charge in [-0.15, -0.1) is 11.8 Å². The molecule has 0 saturated carbocycles. The molecule has 0 fully saturated rings. The number of benzene rings is 1. The second-order valence-corrected chi connectivity index (χ2v) is 4.02. The van der Waals surface area contributed by atoms with Crippen LogP contribution in [0, 0.1) is 0 Å². The molecule has 0 aliphatic rings. The minimum absolute atomic E-state index is 0.0751. The number of thioether (sulfide) groups is 1. The topological polar surface area (TPSA) is 63.6 Å². The lowest BCUT2D eigenvalue weighted by Gasteiger charge is -2.01. The number of ether oxygens (including phenoxy) is 1. The van der Waals surface area contributed by atoms with Gasteiger partial charge in [-0.3, -0.25) is 9.59 Å². The van der Waals surface area contributed by atoms with E-state index in [0.717, 1.165) is 0 Å². The molecule has 1 rings (SSSR count). The maximum absolute atomic E-state index is 11.6. The van der Waals surface area contributed by atoms with Crippen LogP contribution < -0.4 is 0 Å². The van der Waals surface area contributed by atoms with Crippen molar-refractivity contribution < 1.29 is 19.4 Å². The monoisotopic (exact) mass is 240 g/mol. The van der Waals surface area contributed by atoms with Gasteiger partial charge >= 0.3 is 5.97 Å². The van der Waals surface area contributed by atoms with Crippen LogP contribution in [0.25, 0.3) is 0 Å². The molecule has 0 aliphatic carbocycles. The number of esters is 1. The van der Waals surface area contributed by atoms with Gasteiger partial charge < -0.3 is 9.84 Å². The van der Waals surface area contributed by atoms with E-state index in [1.165, 1.54) is 31.0 Å². The summed E-state index contributed by atoms with van der Waals surface area (Å²) in [5.41, 5.74) is 0.523. The first kappa shape index (κ1) is 12.6. The average molecular weight is 240 g/mol. The average Bonchev–Trinajstić information content (AvgIpc) is 2.29. The second-order valence-electron chi connectivity index (χ2n) is 3.04. The fourth-order valence-corrected chi connectivity index (χ4v) is 1.76. The Morgan fingerprint density at radius 2 is 1.88 bits per heavy atom. The van der Waals surface area contributed by atoms with E-state index in [1.807, 2.05) is 0 Å². The van der Waals surface area contributed by atoms with Crippen LogP contribution in [-0.2, 0) is 9.53 Å². The summed E-state index contributed by atoms with van der Waals surface area (Å²) in [6.45, 7) is 0. The fraction of sp³-hybridized carbons (Fsp3) is 0.273. The van der Waals surface area contributed by atoms with Crippen molar-refractivity contribution >= 4 is 23.5 Å². The van der Waals surface area contributed by atoms with E-state index in [4.69, 9.17) is 5.11 Å². The molecule has 0 amide bonds. The van der Waals surface area contributed by atoms with Crippen LogP contribution >= 0.6 is 11.8 Å². The highest BCUT2D eigenvalue weighted by Gasteiger charge is 2.07. The van der Waals surface area contributed by atoms with Crippen LogP contribution in [0.3, 0.4) is 0 Å². The first-order valence-corrected chi connectivity index (χ1v) is 5.75. The molecule has 4 nitrogen and oxygen atoms in total. The molecular formula is C11H12O4S. The maximum atomic E-state index is 11.6. The molecule has 0 atom stereocenters. The summed E-state index contributed by atoms with van der Waals surface area (Å²) in [5, 5.41) is 9.04. The molecule has 0 heterocycles. The summed E-state index contributed by atoms with van der Waals surface area (Å²) in [5.74, 6) is 0.0939. The summed E-state index contributed by atoms with van der Waals surface area (Å²) in [6.07, 6.45) is 0. The Morgan fingerprint density at radius 3 is 2.44 bits per heavy atom. The lowest BCUT2D eigenvalue weighted by molar-refractivity contribution is -0.137.